The van der Waals surface area contributed by atoms with Crippen LogP contribution < -0.4 is 5.32 Å². The number of rotatable bonds is 6. The van der Waals surface area contributed by atoms with E-state index >= 15 is 0 Å². The van der Waals surface area contributed by atoms with Gasteiger partial charge in [0.1, 0.15) is 0 Å². The summed E-state index contributed by atoms with van der Waals surface area (Å²) in [5.41, 5.74) is 1.84. The summed E-state index contributed by atoms with van der Waals surface area (Å²) in [6.45, 7) is 1.97. The molecule has 1 amide bonds. The second-order valence-corrected chi connectivity index (χ2v) is 7.57. The van der Waals surface area contributed by atoms with Gasteiger partial charge in [0.2, 0.25) is 5.91 Å². The summed E-state index contributed by atoms with van der Waals surface area (Å²) in [5.74, 6) is -0.183. The Hall–Kier alpha value is -2.40. The highest BCUT2D eigenvalue weighted by molar-refractivity contribution is 7.90. The number of nitrogens with one attached hydrogen (secondary N) is 1. The van der Waals surface area contributed by atoms with E-state index in [4.69, 9.17) is 0 Å². The zero-order valence-corrected chi connectivity index (χ0v) is 14.6. The predicted molar refractivity (Wildman–Crippen MR) is 96.2 cm³/mol. The number of carbonyl (C=O) groups is 1. The fourth-order valence-electron chi connectivity index (χ4n) is 2.32. The monoisotopic (exact) mass is 343 g/mol. The third-order valence-corrected chi connectivity index (χ3v) is 4.79. The number of sulfone groups is 1. The third-order valence-electron chi connectivity index (χ3n) is 3.66. The lowest BCUT2D eigenvalue weighted by Gasteiger charge is -2.16. The van der Waals surface area contributed by atoms with Crippen molar-refractivity contribution in [1.82, 2.24) is 5.32 Å². The van der Waals surface area contributed by atoms with Crippen LogP contribution in [0.3, 0.4) is 0 Å². The molecule has 0 heterocycles. The molecule has 5 heteroatoms. The molecule has 0 saturated heterocycles. The lowest BCUT2D eigenvalue weighted by Crippen LogP contribution is -2.26. The molecule has 0 unspecified atom stereocenters. The van der Waals surface area contributed by atoms with Gasteiger partial charge in [0.25, 0.3) is 0 Å². The van der Waals surface area contributed by atoms with Crippen molar-refractivity contribution in [3.05, 3.63) is 71.8 Å². The smallest absolute Gasteiger partial charge is 0.244 e. The summed E-state index contributed by atoms with van der Waals surface area (Å²) >= 11 is 0. The molecule has 126 valence electrons. The van der Waals surface area contributed by atoms with E-state index in [0.717, 1.165) is 11.1 Å². The van der Waals surface area contributed by atoms with E-state index < -0.39 is 9.84 Å². The number of carbonyl (C=O) groups excluding carboxylic acids is 1. The molecule has 0 aliphatic carbocycles. The molecule has 0 aliphatic heterocycles. The number of hydrogen-bond acceptors (Lipinski definition) is 3. The van der Waals surface area contributed by atoms with Gasteiger partial charge in [-0.15, -0.1) is 0 Å². The first kappa shape index (κ1) is 17.9. The number of hydrogen-bond donors (Lipinski definition) is 1. The maximum absolute atomic E-state index is 12.1. The van der Waals surface area contributed by atoms with Crippen molar-refractivity contribution < 1.29 is 13.2 Å². The van der Waals surface area contributed by atoms with Crippen LogP contribution in [0.25, 0.3) is 6.08 Å². The largest absolute Gasteiger partial charge is 0.346 e. The zero-order valence-electron chi connectivity index (χ0n) is 13.8. The van der Waals surface area contributed by atoms with Gasteiger partial charge in [-0.1, -0.05) is 49.4 Å². The lowest BCUT2D eigenvalue weighted by atomic mass is 10.0. The van der Waals surface area contributed by atoms with Gasteiger partial charge in [-0.3, -0.25) is 4.79 Å². The van der Waals surface area contributed by atoms with Crippen LogP contribution in [-0.4, -0.2) is 20.6 Å². The lowest BCUT2D eigenvalue weighted by molar-refractivity contribution is -0.117. The maximum Gasteiger partial charge on any atom is 0.244 e. The van der Waals surface area contributed by atoms with Crippen LogP contribution in [0.5, 0.6) is 0 Å². The zero-order chi connectivity index (χ0) is 17.6. The molecule has 2 aromatic carbocycles. The molecular formula is C19H21NO3S. The maximum atomic E-state index is 12.1. The topological polar surface area (TPSA) is 63.2 Å². The van der Waals surface area contributed by atoms with Crippen molar-refractivity contribution >= 4 is 21.8 Å². The normalized spacial score (nSPS) is 12.9. The van der Waals surface area contributed by atoms with Crippen LogP contribution >= 0.6 is 0 Å². The Bertz CT molecular complexity index is 809. The van der Waals surface area contributed by atoms with Crippen molar-refractivity contribution in [1.29, 1.82) is 0 Å². The van der Waals surface area contributed by atoms with Gasteiger partial charge < -0.3 is 5.32 Å². The van der Waals surface area contributed by atoms with E-state index in [9.17, 15) is 13.2 Å². The minimum Gasteiger partial charge on any atom is -0.346 e. The molecule has 0 saturated carbocycles. The first-order chi connectivity index (χ1) is 11.4. The highest BCUT2D eigenvalue weighted by atomic mass is 32.2. The van der Waals surface area contributed by atoms with Crippen LogP contribution in [0.1, 0.15) is 30.5 Å². The van der Waals surface area contributed by atoms with E-state index in [1.54, 1.807) is 30.3 Å². The Morgan fingerprint density at radius 2 is 1.71 bits per heavy atom. The summed E-state index contributed by atoms with van der Waals surface area (Å²) in [6, 6.07) is 16.0. The molecule has 0 radical (unpaired) electrons. The van der Waals surface area contributed by atoms with E-state index in [-0.39, 0.29) is 16.8 Å². The highest BCUT2D eigenvalue weighted by Gasteiger charge is 2.13. The quantitative estimate of drug-likeness (QED) is 0.818. The Kier molecular flexibility index (Phi) is 5.93. The fraction of sp³-hybridized carbons (Fsp3) is 0.211. The van der Waals surface area contributed by atoms with Crippen molar-refractivity contribution in [2.45, 2.75) is 24.3 Å². The average Bonchev–Trinajstić information content (AvgIpc) is 2.58. The van der Waals surface area contributed by atoms with Gasteiger partial charge in [0.15, 0.2) is 9.84 Å². The Labute approximate surface area is 143 Å². The first-order valence-electron chi connectivity index (χ1n) is 7.74. The predicted octanol–water partition coefficient (Wildman–Crippen LogP) is 3.37. The molecule has 2 rings (SSSR count). The Balaban J connectivity index is 2.06. The van der Waals surface area contributed by atoms with E-state index in [2.05, 4.69) is 5.32 Å². The summed E-state index contributed by atoms with van der Waals surface area (Å²) in [4.78, 5) is 12.4. The number of benzene rings is 2. The molecule has 0 bridgehead atoms. The summed E-state index contributed by atoms with van der Waals surface area (Å²) in [5, 5.41) is 2.94. The molecule has 0 fully saturated rings. The van der Waals surface area contributed by atoms with E-state index in [1.807, 2.05) is 37.3 Å². The van der Waals surface area contributed by atoms with Gasteiger partial charge in [0.05, 0.1) is 10.9 Å². The van der Waals surface area contributed by atoms with Gasteiger partial charge in [0, 0.05) is 12.3 Å². The molecule has 1 N–H and O–H groups in total. The van der Waals surface area contributed by atoms with Gasteiger partial charge in [-0.25, -0.2) is 8.42 Å². The molecule has 1 atom stereocenters. The molecule has 24 heavy (non-hydrogen) atoms. The minimum atomic E-state index is -3.21. The average molecular weight is 343 g/mol. The second-order valence-electron chi connectivity index (χ2n) is 5.55. The third kappa shape index (κ3) is 5.06. The van der Waals surface area contributed by atoms with Crippen molar-refractivity contribution in [2.75, 3.05) is 6.26 Å². The molecular weight excluding hydrogens is 322 g/mol. The van der Waals surface area contributed by atoms with Crippen molar-refractivity contribution in [2.24, 2.45) is 0 Å². The molecule has 0 aromatic heterocycles. The highest BCUT2D eigenvalue weighted by Crippen LogP contribution is 2.19. The van der Waals surface area contributed by atoms with Crippen molar-refractivity contribution in [3.8, 4) is 0 Å². The molecule has 4 nitrogen and oxygen atoms in total. The molecule has 0 spiro atoms. The van der Waals surface area contributed by atoms with Crippen LogP contribution in [-0.2, 0) is 14.6 Å². The second kappa shape index (κ2) is 7.93. The molecule has 0 aliphatic rings. The van der Waals surface area contributed by atoms with Gasteiger partial charge in [-0.2, -0.15) is 0 Å². The summed E-state index contributed by atoms with van der Waals surface area (Å²) in [6.07, 6.45) is 5.15. The Morgan fingerprint density at radius 3 is 2.25 bits per heavy atom. The van der Waals surface area contributed by atoms with E-state index in [1.165, 1.54) is 12.3 Å². The Morgan fingerprint density at radius 1 is 1.08 bits per heavy atom. The van der Waals surface area contributed by atoms with Crippen LogP contribution in [0.2, 0.25) is 0 Å². The SMILES string of the molecule is CC[C@@H](NC(=O)/C=C/c1ccccc1)c1ccc(S(C)(=O)=O)cc1. The fourth-order valence-corrected chi connectivity index (χ4v) is 2.95. The number of amides is 1. The first-order valence-corrected chi connectivity index (χ1v) is 9.63. The van der Waals surface area contributed by atoms with Crippen LogP contribution in [0.4, 0.5) is 0 Å². The van der Waals surface area contributed by atoms with Crippen LogP contribution in [0.15, 0.2) is 65.6 Å². The molecule has 2 aromatic rings. The van der Waals surface area contributed by atoms with E-state index in [0.29, 0.717) is 6.42 Å². The van der Waals surface area contributed by atoms with Gasteiger partial charge in [-0.05, 0) is 35.8 Å². The standard InChI is InChI=1S/C19H21NO3S/c1-3-18(16-10-12-17(13-11-16)24(2,22)23)20-19(21)14-9-15-7-5-4-6-8-15/h4-14,18H,3H2,1-2H3,(H,20,21)/b14-9+/t18-/m1/s1. The minimum absolute atomic E-state index is 0.161. The van der Waals surface area contributed by atoms with Gasteiger partial charge >= 0.3 is 0 Å². The van der Waals surface area contributed by atoms with Crippen molar-refractivity contribution in [3.63, 3.8) is 0 Å². The summed E-state index contributed by atoms with van der Waals surface area (Å²) in [7, 11) is -3.21. The van der Waals surface area contributed by atoms with Crippen LogP contribution in [0, 0.1) is 0 Å². The summed E-state index contributed by atoms with van der Waals surface area (Å²) < 4.78 is 23.0.